The molecular weight excluding hydrogens is 432 g/mol. The highest BCUT2D eigenvalue weighted by Crippen LogP contribution is 2.12. The van der Waals surface area contributed by atoms with E-state index in [2.05, 4.69) is 22.3 Å². The number of rotatable bonds is 5. The molecule has 0 saturated heterocycles. The Morgan fingerprint density at radius 3 is 2.44 bits per heavy atom. The third-order valence-corrected chi connectivity index (χ3v) is 4.22. The molecule has 0 saturated carbocycles. The van der Waals surface area contributed by atoms with Crippen molar-refractivity contribution in [3.05, 3.63) is 52.6 Å². The summed E-state index contributed by atoms with van der Waals surface area (Å²) in [5, 5.41) is 7.82. The Bertz CT molecular complexity index is 709. The number of halogens is 2. The molecule has 25 heavy (non-hydrogen) atoms. The molecule has 0 bridgehead atoms. The van der Waals surface area contributed by atoms with Crippen LogP contribution in [-0.4, -0.2) is 41.3 Å². The zero-order chi connectivity index (χ0) is 17.7. The second-order valence-corrected chi connectivity index (χ2v) is 5.98. The van der Waals surface area contributed by atoms with Crippen LogP contribution in [0.1, 0.15) is 22.5 Å². The number of aliphatic imine (C=N–C) groups is 1. The number of aromatic nitrogens is 2. The molecule has 0 fully saturated rings. The molecule has 0 aliphatic heterocycles. The first-order valence-electron chi connectivity index (χ1n) is 8.07. The van der Waals surface area contributed by atoms with Crippen LogP contribution < -0.4 is 5.32 Å². The third-order valence-electron chi connectivity index (χ3n) is 4.22. The van der Waals surface area contributed by atoms with Crippen LogP contribution in [0.2, 0.25) is 0 Å². The van der Waals surface area contributed by atoms with Crippen molar-refractivity contribution in [1.29, 1.82) is 0 Å². The van der Waals surface area contributed by atoms with E-state index in [4.69, 9.17) is 0 Å². The van der Waals surface area contributed by atoms with Crippen molar-refractivity contribution < 1.29 is 4.39 Å². The van der Waals surface area contributed by atoms with Crippen molar-refractivity contribution in [3.8, 4) is 0 Å². The van der Waals surface area contributed by atoms with Gasteiger partial charge in [0.05, 0.1) is 5.69 Å². The van der Waals surface area contributed by atoms with E-state index in [1.165, 1.54) is 23.4 Å². The van der Waals surface area contributed by atoms with E-state index in [0.717, 1.165) is 30.2 Å². The zero-order valence-corrected chi connectivity index (χ0v) is 17.8. The number of hydrogen-bond acceptors (Lipinski definition) is 2. The van der Waals surface area contributed by atoms with E-state index < -0.39 is 0 Å². The molecule has 0 aliphatic rings. The van der Waals surface area contributed by atoms with Crippen LogP contribution in [0, 0.1) is 19.7 Å². The van der Waals surface area contributed by atoms with Gasteiger partial charge in [0, 0.05) is 39.9 Å². The van der Waals surface area contributed by atoms with Gasteiger partial charge in [-0.1, -0.05) is 12.1 Å². The second-order valence-electron chi connectivity index (χ2n) is 5.98. The molecule has 7 heteroatoms. The van der Waals surface area contributed by atoms with Gasteiger partial charge in [-0.15, -0.1) is 24.0 Å². The summed E-state index contributed by atoms with van der Waals surface area (Å²) in [4.78, 5) is 6.34. The molecule has 0 spiro atoms. The summed E-state index contributed by atoms with van der Waals surface area (Å²) >= 11 is 0. The fraction of sp³-hybridized carbons (Fsp3) is 0.444. The standard InChI is InChI=1S/C18H26FN5.HI/c1-13-17(14(2)24(5)22-13)10-11-21-18(20-3)23(4)12-15-6-8-16(19)9-7-15;/h6-9H,10-12H2,1-5H3,(H,20,21);1H. The van der Waals surface area contributed by atoms with Crippen LogP contribution in [-0.2, 0) is 20.0 Å². The van der Waals surface area contributed by atoms with Crippen molar-refractivity contribution in [2.24, 2.45) is 12.0 Å². The first-order valence-corrected chi connectivity index (χ1v) is 8.07. The van der Waals surface area contributed by atoms with Crippen LogP contribution >= 0.6 is 24.0 Å². The largest absolute Gasteiger partial charge is 0.356 e. The minimum Gasteiger partial charge on any atom is -0.356 e. The summed E-state index contributed by atoms with van der Waals surface area (Å²) < 4.78 is 14.9. The maximum Gasteiger partial charge on any atom is 0.193 e. The number of hydrogen-bond donors (Lipinski definition) is 1. The SMILES string of the molecule is CN=C(NCCc1c(C)nn(C)c1C)N(C)Cc1ccc(F)cc1.I. The van der Waals surface area contributed by atoms with Crippen LogP contribution in [0.5, 0.6) is 0 Å². The molecule has 0 radical (unpaired) electrons. The quantitative estimate of drug-likeness (QED) is 0.425. The molecule has 0 aliphatic carbocycles. The van der Waals surface area contributed by atoms with E-state index in [1.807, 2.05) is 30.6 Å². The van der Waals surface area contributed by atoms with Gasteiger partial charge in [0.1, 0.15) is 5.82 Å². The summed E-state index contributed by atoms with van der Waals surface area (Å²) in [7, 11) is 5.71. The highest BCUT2D eigenvalue weighted by atomic mass is 127. The summed E-state index contributed by atoms with van der Waals surface area (Å²) in [6.07, 6.45) is 0.898. The molecule has 0 unspecified atom stereocenters. The first-order chi connectivity index (χ1) is 11.4. The molecule has 5 nitrogen and oxygen atoms in total. The van der Waals surface area contributed by atoms with E-state index in [9.17, 15) is 4.39 Å². The second kappa shape index (κ2) is 9.74. The molecule has 1 aromatic carbocycles. The van der Waals surface area contributed by atoms with Crippen molar-refractivity contribution in [2.75, 3.05) is 20.6 Å². The van der Waals surface area contributed by atoms with E-state index in [0.29, 0.717) is 6.54 Å². The van der Waals surface area contributed by atoms with Gasteiger partial charge in [-0.2, -0.15) is 5.10 Å². The molecule has 0 atom stereocenters. The van der Waals surface area contributed by atoms with Gasteiger partial charge in [0.15, 0.2) is 5.96 Å². The predicted octanol–water partition coefficient (Wildman–Crippen LogP) is 3.04. The summed E-state index contributed by atoms with van der Waals surface area (Å²) in [5.41, 5.74) is 4.60. The molecular formula is C18H27FIN5. The summed E-state index contributed by atoms with van der Waals surface area (Å²) in [6.45, 7) is 5.58. The fourth-order valence-corrected chi connectivity index (χ4v) is 2.80. The Morgan fingerprint density at radius 1 is 1.28 bits per heavy atom. The van der Waals surface area contributed by atoms with Gasteiger partial charge in [0.25, 0.3) is 0 Å². The molecule has 138 valence electrons. The van der Waals surface area contributed by atoms with Crippen LogP contribution in [0.4, 0.5) is 4.39 Å². The Balaban J connectivity index is 0.00000312. The minimum absolute atomic E-state index is 0. The Morgan fingerprint density at radius 2 is 1.92 bits per heavy atom. The van der Waals surface area contributed by atoms with Gasteiger partial charge in [-0.25, -0.2) is 4.39 Å². The highest BCUT2D eigenvalue weighted by Gasteiger charge is 2.10. The molecule has 1 heterocycles. The smallest absolute Gasteiger partial charge is 0.193 e. The van der Waals surface area contributed by atoms with Gasteiger partial charge >= 0.3 is 0 Å². The monoisotopic (exact) mass is 459 g/mol. The maximum absolute atomic E-state index is 13.0. The lowest BCUT2D eigenvalue weighted by molar-refractivity contribution is 0.476. The number of nitrogens with one attached hydrogen (secondary N) is 1. The van der Waals surface area contributed by atoms with Gasteiger partial charge in [-0.05, 0) is 43.5 Å². The predicted molar refractivity (Wildman–Crippen MR) is 111 cm³/mol. The lowest BCUT2D eigenvalue weighted by Crippen LogP contribution is -2.39. The van der Waals surface area contributed by atoms with Crippen LogP contribution in [0.25, 0.3) is 0 Å². The number of nitrogens with zero attached hydrogens (tertiary/aromatic N) is 4. The number of guanidine groups is 1. The lowest BCUT2D eigenvalue weighted by atomic mass is 10.1. The Labute approximate surface area is 166 Å². The Hall–Kier alpha value is -1.64. The fourth-order valence-electron chi connectivity index (χ4n) is 2.80. The highest BCUT2D eigenvalue weighted by molar-refractivity contribution is 14.0. The van der Waals surface area contributed by atoms with Crippen molar-refractivity contribution in [2.45, 2.75) is 26.8 Å². The lowest BCUT2D eigenvalue weighted by Gasteiger charge is -2.22. The molecule has 2 rings (SSSR count). The van der Waals surface area contributed by atoms with E-state index in [1.54, 1.807) is 19.2 Å². The molecule has 0 amide bonds. The van der Waals surface area contributed by atoms with E-state index >= 15 is 0 Å². The number of aryl methyl sites for hydroxylation is 2. The minimum atomic E-state index is -0.217. The van der Waals surface area contributed by atoms with Gasteiger partial charge in [-0.3, -0.25) is 9.67 Å². The van der Waals surface area contributed by atoms with E-state index in [-0.39, 0.29) is 29.8 Å². The number of benzene rings is 1. The van der Waals surface area contributed by atoms with Gasteiger partial charge < -0.3 is 10.2 Å². The average molecular weight is 459 g/mol. The van der Waals surface area contributed by atoms with Crippen LogP contribution in [0.3, 0.4) is 0 Å². The summed E-state index contributed by atoms with van der Waals surface area (Å²) in [5.74, 6) is 0.602. The van der Waals surface area contributed by atoms with Crippen molar-refractivity contribution in [1.82, 2.24) is 20.0 Å². The van der Waals surface area contributed by atoms with Gasteiger partial charge in [0.2, 0.25) is 0 Å². The third kappa shape index (κ3) is 5.69. The summed E-state index contributed by atoms with van der Waals surface area (Å²) in [6, 6.07) is 6.55. The maximum atomic E-state index is 13.0. The van der Waals surface area contributed by atoms with Crippen LogP contribution in [0.15, 0.2) is 29.3 Å². The Kier molecular flexibility index (Phi) is 8.34. The topological polar surface area (TPSA) is 45.5 Å². The average Bonchev–Trinajstić information content (AvgIpc) is 2.79. The normalized spacial score (nSPS) is 11.2. The molecule has 2 aromatic rings. The molecule has 1 N–H and O–H groups in total. The van der Waals surface area contributed by atoms with Crippen molar-refractivity contribution >= 4 is 29.9 Å². The first kappa shape index (κ1) is 21.4. The van der Waals surface area contributed by atoms with Crippen molar-refractivity contribution in [3.63, 3.8) is 0 Å². The zero-order valence-electron chi connectivity index (χ0n) is 15.5. The molecule has 1 aromatic heterocycles.